The van der Waals surface area contributed by atoms with Crippen molar-refractivity contribution in [2.45, 2.75) is 58.7 Å². The summed E-state index contributed by atoms with van der Waals surface area (Å²) in [6, 6.07) is 3.23. The molecule has 0 aromatic carbocycles. The number of piperidine rings is 1. The molecule has 0 atom stereocenters. The van der Waals surface area contributed by atoms with Crippen LogP contribution in [0.15, 0.2) is 12.1 Å². The van der Waals surface area contributed by atoms with E-state index in [1.807, 2.05) is 0 Å². The minimum atomic E-state index is -1.06. The smallest absolute Gasteiger partial charge is 0.356 e. The number of nitrogens with zero attached hydrogens (tertiary/aromatic N) is 3. The summed E-state index contributed by atoms with van der Waals surface area (Å²) in [7, 11) is 0. The Balaban J connectivity index is 1.87. The molecule has 1 fully saturated rings. The zero-order valence-electron chi connectivity index (χ0n) is 15.9. The van der Waals surface area contributed by atoms with Gasteiger partial charge in [0.15, 0.2) is 17.8 Å². The SMILES string of the molecule is CCCCOC(OCCCC)C1CCN(c2ccc(C(=O)O)nn2)CC1. The molecule has 0 aliphatic carbocycles. The molecular weight excluding hydrogens is 334 g/mol. The number of carboxylic acids is 1. The Morgan fingerprint density at radius 1 is 1.15 bits per heavy atom. The van der Waals surface area contributed by atoms with Crippen molar-refractivity contribution in [1.29, 1.82) is 0 Å². The Labute approximate surface area is 155 Å². The molecule has 26 heavy (non-hydrogen) atoms. The lowest BCUT2D eigenvalue weighted by molar-refractivity contribution is -0.177. The van der Waals surface area contributed by atoms with E-state index < -0.39 is 5.97 Å². The third kappa shape index (κ3) is 6.21. The number of ether oxygens (including phenoxy) is 2. The molecule has 0 bridgehead atoms. The van der Waals surface area contributed by atoms with Crippen molar-refractivity contribution in [1.82, 2.24) is 10.2 Å². The molecule has 0 unspecified atom stereocenters. The fraction of sp³-hybridized carbons (Fsp3) is 0.737. The van der Waals surface area contributed by atoms with Crippen LogP contribution in [-0.4, -0.2) is 53.9 Å². The second-order valence-corrected chi connectivity index (χ2v) is 6.72. The Kier molecular flexibility index (Phi) is 8.77. The molecule has 0 spiro atoms. The maximum absolute atomic E-state index is 10.9. The van der Waals surface area contributed by atoms with E-state index in [1.54, 1.807) is 6.07 Å². The summed E-state index contributed by atoms with van der Waals surface area (Å²) in [5.41, 5.74) is -0.0302. The number of hydrogen-bond acceptors (Lipinski definition) is 6. The first-order chi connectivity index (χ1) is 12.7. The van der Waals surface area contributed by atoms with E-state index >= 15 is 0 Å². The van der Waals surface area contributed by atoms with Gasteiger partial charge in [-0.05, 0) is 37.8 Å². The van der Waals surface area contributed by atoms with E-state index in [4.69, 9.17) is 14.6 Å². The largest absolute Gasteiger partial charge is 0.476 e. The molecule has 1 N–H and O–H groups in total. The van der Waals surface area contributed by atoms with Crippen LogP contribution in [0.2, 0.25) is 0 Å². The quantitative estimate of drug-likeness (QED) is 0.475. The summed E-state index contributed by atoms with van der Waals surface area (Å²) >= 11 is 0. The van der Waals surface area contributed by atoms with Gasteiger partial charge in [0.25, 0.3) is 0 Å². The summed E-state index contributed by atoms with van der Waals surface area (Å²) < 4.78 is 12.0. The molecule has 2 rings (SSSR count). The summed E-state index contributed by atoms with van der Waals surface area (Å²) in [6.07, 6.45) is 6.14. The molecule has 1 aromatic rings. The van der Waals surface area contributed by atoms with Crippen molar-refractivity contribution in [2.24, 2.45) is 5.92 Å². The van der Waals surface area contributed by atoms with Gasteiger partial charge in [-0.2, -0.15) is 0 Å². The fourth-order valence-corrected chi connectivity index (χ4v) is 3.02. The van der Waals surface area contributed by atoms with E-state index in [-0.39, 0.29) is 12.0 Å². The van der Waals surface area contributed by atoms with Crippen molar-refractivity contribution < 1.29 is 19.4 Å². The van der Waals surface area contributed by atoms with Crippen molar-refractivity contribution in [3.8, 4) is 0 Å². The minimum absolute atomic E-state index is 0.0302. The van der Waals surface area contributed by atoms with Gasteiger partial charge in [-0.3, -0.25) is 0 Å². The van der Waals surface area contributed by atoms with Crippen molar-refractivity contribution in [3.05, 3.63) is 17.8 Å². The first-order valence-electron chi connectivity index (χ1n) is 9.70. The second kappa shape index (κ2) is 11.1. The van der Waals surface area contributed by atoms with Crippen LogP contribution < -0.4 is 4.90 Å². The van der Waals surface area contributed by atoms with Gasteiger partial charge in [0.2, 0.25) is 0 Å². The van der Waals surface area contributed by atoms with E-state index in [1.165, 1.54) is 6.07 Å². The van der Waals surface area contributed by atoms with E-state index in [0.29, 0.717) is 5.92 Å². The Bertz CT molecular complexity index is 520. The molecule has 0 amide bonds. The molecule has 0 saturated carbocycles. The number of hydrogen-bond donors (Lipinski definition) is 1. The lowest BCUT2D eigenvalue weighted by Crippen LogP contribution is -2.40. The minimum Gasteiger partial charge on any atom is -0.476 e. The lowest BCUT2D eigenvalue weighted by Gasteiger charge is -2.36. The van der Waals surface area contributed by atoms with Gasteiger partial charge in [-0.15, -0.1) is 10.2 Å². The molecular formula is C19H31N3O4. The average molecular weight is 365 g/mol. The van der Waals surface area contributed by atoms with Crippen LogP contribution in [-0.2, 0) is 9.47 Å². The molecule has 1 aliphatic rings. The van der Waals surface area contributed by atoms with Gasteiger partial charge in [-0.25, -0.2) is 4.79 Å². The van der Waals surface area contributed by atoms with Crippen molar-refractivity contribution >= 4 is 11.8 Å². The molecule has 7 nitrogen and oxygen atoms in total. The number of carboxylic acid groups (broad SMARTS) is 1. The average Bonchev–Trinajstić information content (AvgIpc) is 2.67. The van der Waals surface area contributed by atoms with Gasteiger partial charge in [0, 0.05) is 32.2 Å². The third-order valence-corrected chi connectivity index (χ3v) is 4.68. The molecule has 0 radical (unpaired) electrons. The normalized spacial score (nSPS) is 15.6. The first kappa shape index (κ1) is 20.6. The summed E-state index contributed by atoms with van der Waals surface area (Å²) in [6.45, 7) is 7.50. The van der Waals surface area contributed by atoms with Gasteiger partial charge < -0.3 is 19.5 Å². The number of aromatic carboxylic acids is 1. The Morgan fingerprint density at radius 3 is 2.23 bits per heavy atom. The van der Waals surface area contributed by atoms with Crippen LogP contribution in [0.5, 0.6) is 0 Å². The summed E-state index contributed by atoms with van der Waals surface area (Å²) in [5, 5.41) is 16.7. The maximum Gasteiger partial charge on any atom is 0.356 e. The highest BCUT2D eigenvalue weighted by atomic mass is 16.7. The molecule has 1 saturated heterocycles. The molecule has 2 heterocycles. The van der Waals surface area contributed by atoms with Gasteiger partial charge in [0.05, 0.1) is 0 Å². The van der Waals surface area contributed by atoms with Gasteiger partial charge >= 0.3 is 5.97 Å². The number of anilines is 1. The fourth-order valence-electron chi connectivity index (χ4n) is 3.02. The highest BCUT2D eigenvalue weighted by molar-refractivity contribution is 5.85. The van der Waals surface area contributed by atoms with Gasteiger partial charge in [0.1, 0.15) is 0 Å². The topological polar surface area (TPSA) is 84.8 Å². The van der Waals surface area contributed by atoms with Gasteiger partial charge in [-0.1, -0.05) is 26.7 Å². The van der Waals surface area contributed by atoms with E-state index in [0.717, 1.165) is 70.6 Å². The molecule has 1 aliphatic heterocycles. The number of rotatable bonds is 11. The van der Waals surface area contributed by atoms with E-state index in [2.05, 4.69) is 28.9 Å². The van der Waals surface area contributed by atoms with Crippen LogP contribution >= 0.6 is 0 Å². The molecule has 1 aromatic heterocycles. The van der Waals surface area contributed by atoms with E-state index in [9.17, 15) is 4.79 Å². The highest BCUT2D eigenvalue weighted by Gasteiger charge is 2.28. The van der Waals surface area contributed by atoms with Crippen LogP contribution in [0.25, 0.3) is 0 Å². The standard InChI is InChI=1S/C19H31N3O4/c1-3-5-13-25-19(26-14-6-4-2)15-9-11-22(12-10-15)17-8-7-16(18(23)24)20-21-17/h7-8,15,19H,3-6,9-14H2,1-2H3,(H,23,24). The zero-order valence-corrected chi connectivity index (χ0v) is 15.9. The monoisotopic (exact) mass is 365 g/mol. The number of carbonyl (C=O) groups is 1. The second-order valence-electron chi connectivity index (χ2n) is 6.72. The van der Waals surface area contributed by atoms with Crippen LogP contribution in [0.3, 0.4) is 0 Å². The third-order valence-electron chi connectivity index (χ3n) is 4.68. The Morgan fingerprint density at radius 2 is 1.77 bits per heavy atom. The molecule has 146 valence electrons. The zero-order chi connectivity index (χ0) is 18.8. The predicted molar refractivity (Wildman–Crippen MR) is 99.4 cm³/mol. The maximum atomic E-state index is 10.9. The highest BCUT2D eigenvalue weighted by Crippen LogP contribution is 2.26. The predicted octanol–water partition coefficient (Wildman–Crippen LogP) is 3.35. The van der Waals surface area contributed by atoms with Crippen LogP contribution in [0.1, 0.15) is 62.9 Å². The summed E-state index contributed by atoms with van der Waals surface area (Å²) in [4.78, 5) is 13.0. The first-order valence-corrected chi connectivity index (χ1v) is 9.70. The number of aromatic nitrogens is 2. The number of unbranched alkanes of at least 4 members (excludes halogenated alkanes) is 2. The van der Waals surface area contributed by atoms with Crippen LogP contribution in [0.4, 0.5) is 5.82 Å². The summed E-state index contributed by atoms with van der Waals surface area (Å²) in [5.74, 6) is 0.0501. The van der Waals surface area contributed by atoms with Crippen molar-refractivity contribution in [3.63, 3.8) is 0 Å². The molecule has 7 heteroatoms. The van der Waals surface area contributed by atoms with Crippen molar-refractivity contribution in [2.75, 3.05) is 31.2 Å². The lowest BCUT2D eigenvalue weighted by atomic mass is 9.96. The van der Waals surface area contributed by atoms with Crippen LogP contribution in [0, 0.1) is 5.92 Å². The Hall–Kier alpha value is -1.73.